The van der Waals surface area contributed by atoms with E-state index < -0.39 is 0 Å². The molecule has 2 rings (SSSR count). The van der Waals surface area contributed by atoms with Crippen molar-refractivity contribution in [3.05, 3.63) is 41.2 Å². The highest BCUT2D eigenvalue weighted by molar-refractivity contribution is 5.90. The number of rotatable bonds is 3. The normalized spacial score (nSPS) is 10.2. The van der Waals surface area contributed by atoms with Crippen LogP contribution in [0.3, 0.4) is 0 Å². The van der Waals surface area contributed by atoms with Crippen molar-refractivity contribution in [2.45, 2.75) is 20.4 Å². The van der Waals surface area contributed by atoms with Crippen LogP contribution in [0, 0.1) is 13.8 Å². The summed E-state index contributed by atoms with van der Waals surface area (Å²) in [4.78, 5) is 19.8. The van der Waals surface area contributed by atoms with Crippen molar-refractivity contribution < 1.29 is 4.79 Å². The van der Waals surface area contributed by atoms with Gasteiger partial charge in [0.25, 0.3) is 5.91 Å². The highest BCUT2D eigenvalue weighted by atomic mass is 16.2. The Morgan fingerprint density at radius 2 is 2.29 bits per heavy atom. The summed E-state index contributed by atoms with van der Waals surface area (Å²) in [6.45, 7) is 4.07. The molecule has 0 aromatic carbocycles. The Hall–Kier alpha value is -2.24. The van der Waals surface area contributed by atoms with Crippen LogP contribution in [0.2, 0.25) is 0 Å². The van der Waals surface area contributed by atoms with E-state index >= 15 is 0 Å². The number of nitrogens with zero attached hydrogens (tertiary/aromatic N) is 3. The molecule has 6 heteroatoms. The fraction of sp³-hybridized carbons (Fsp3) is 0.273. The van der Waals surface area contributed by atoms with Gasteiger partial charge in [-0.05, 0) is 25.5 Å². The molecule has 2 aromatic rings. The summed E-state index contributed by atoms with van der Waals surface area (Å²) in [5, 5.41) is 9.13. The average Bonchev–Trinajstić information content (AvgIpc) is 2.74. The van der Waals surface area contributed by atoms with Crippen molar-refractivity contribution in [1.29, 1.82) is 0 Å². The van der Waals surface area contributed by atoms with Gasteiger partial charge < -0.3 is 5.32 Å². The minimum atomic E-state index is -0.306. The Morgan fingerprint density at radius 3 is 2.94 bits per heavy atom. The van der Waals surface area contributed by atoms with Crippen LogP contribution in [-0.4, -0.2) is 26.1 Å². The van der Waals surface area contributed by atoms with Gasteiger partial charge in [0, 0.05) is 6.20 Å². The molecular weight excluding hydrogens is 218 g/mol. The number of pyridine rings is 1. The molecule has 17 heavy (non-hydrogen) atoms. The maximum Gasteiger partial charge on any atom is 0.291 e. The predicted octanol–water partition coefficient (Wildman–Crippen LogP) is 0.747. The van der Waals surface area contributed by atoms with Gasteiger partial charge in [0.15, 0.2) is 0 Å². The monoisotopic (exact) mass is 231 g/mol. The molecular formula is C11H13N5O. The maximum absolute atomic E-state index is 11.7. The zero-order valence-corrected chi connectivity index (χ0v) is 9.69. The van der Waals surface area contributed by atoms with Crippen molar-refractivity contribution in [3.63, 3.8) is 0 Å². The first-order chi connectivity index (χ1) is 8.16. The molecule has 2 aromatic heterocycles. The number of H-pyrrole nitrogens is 1. The fourth-order valence-corrected chi connectivity index (χ4v) is 1.39. The SMILES string of the molecule is Cc1nc(C(=O)NCc2ncccc2C)n[nH]1. The maximum atomic E-state index is 11.7. The van der Waals surface area contributed by atoms with Crippen LogP contribution in [0.15, 0.2) is 18.3 Å². The molecule has 0 bridgehead atoms. The van der Waals surface area contributed by atoms with Gasteiger partial charge in [0.2, 0.25) is 5.82 Å². The molecule has 0 aliphatic carbocycles. The third-order valence-electron chi connectivity index (χ3n) is 2.33. The van der Waals surface area contributed by atoms with Crippen LogP contribution >= 0.6 is 0 Å². The molecule has 88 valence electrons. The lowest BCUT2D eigenvalue weighted by atomic mass is 10.2. The molecule has 0 radical (unpaired) electrons. The highest BCUT2D eigenvalue weighted by Crippen LogP contribution is 2.02. The molecule has 0 fully saturated rings. The number of aryl methyl sites for hydroxylation is 2. The summed E-state index contributed by atoms with van der Waals surface area (Å²) in [5.74, 6) is 0.458. The van der Waals surface area contributed by atoms with Gasteiger partial charge in [-0.15, -0.1) is 5.10 Å². The average molecular weight is 231 g/mol. The fourth-order valence-electron chi connectivity index (χ4n) is 1.39. The molecule has 0 saturated heterocycles. The van der Waals surface area contributed by atoms with Gasteiger partial charge in [-0.1, -0.05) is 6.07 Å². The molecule has 2 N–H and O–H groups in total. The smallest absolute Gasteiger partial charge is 0.291 e. The molecule has 0 saturated carbocycles. The van der Waals surface area contributed by atoms with Crippen LogP contribution in [0.1, 0.15) is 27.7 Å². The lowest BCUT2D eigenvalue weighted by Crippen LogP contribution is -2.24. The van der Waals surface area contributed by atoms with Crippen molar-refractivity contribution in [1.82, 2.24) is 25.5 Å². The zero-order chi connectivity index (χ0) is 12.3. The van der Waals surface area contributed by atoms with E-state index in [0.717, 1.165) is 11.3 Å². The second kappa shape index (κ2) is 4.73. The number of aromatic nitrogens is 4. The summed E-state index contributed by atoms with van der Waals surface area (Å²) in [6, 6.07) is 3.81. The van der Waals surface area contributed by atoms with Crippen molar-refractivity contribution >= 4 is 5.91 Å². The quantitative estimate of drug-likeness (QED) is 0.816. The van der Waals surface area contributed by atoms with Gasteiger partial charge in [0.05, 0.1) is 12.2 Å². The van der Waals surface area contributed by atoms with Gasteiger partial charge in [-0.3, -0.25) is 14.9 Å². The van der Waals surface area contributed by atoms with Gasteiger partial charge in [0.1, 0.15) is 5.82 Å². The van der Waals surface area contributed by atoms with Gasteiger partial charge in [-0.2, -0.15) is 0 Å². The van der Waals surface area contributed by atoms with E-state index in [1.54, 1.807) is 13.1 Å². The topological polar surface area (TPSA) is 83.6 Å². The van der Waals surface area contributed by atoms with Crippen LogP contribution in [0.25, 0.3) is 0 Å². The van der Waals surface area contributed by atoms with Crippen molar-refractivity contribution in [2.75, 3.05) is 0 Å². The summed E-state index contributed by atoms with van der Waals surface area (Å²) in [6.07, 6.45) is 1.70. The molecule has 2 heterocycles. The first kappa shape index (κ1) is 11.3. The summed E-state index contributed by atoms with van der Waals surface area (Å²) in [5.41, 5.74) is 1.88. The third-order valence-corrected chi connectivity index (χ3v) is 2.33. The summed E-state index contributed by atoms with van der Waals surface area (Å²) >= 11 is 0. The lowest BCUT2D eigenvalue weighted by molar-refractivity contribution is 0.0940. The second-order valence-corrected chi connectivity index (χ2v) is 3.69. The number of carbonyl (C=O) groups is 1. The minimum absolute atomic E-state index is 0.149. The Bertz CT molecular complexity index is 534. The van der Waals surface area contributed by atoms with E-state index in [-0.39, 0.29) is 11.7 Å². The first-order valence-corrected chi connectivity index (χ1v) is 5.24. The van der Waals surface area contributed by atoms with Crippen LogP contribution in [0.4, 0.5) is 0 Å². The molecule has 0 atom stereocenters. The number of carbonyl (C=O) groups excluding carboxylic acids is 1. The Morgan fingerprint density at radius 1 is 1.47 bits per heavy atom. The first-order valence-electron chi connectivity index (χ1n) is 5.24. The Kier molecular flexibility index (Phi) is 3.13. The van der Waals surface area contributed by atoms with E-state index in [1.165, 1.54) is 0 Å². The van der Waals surface area contributed by atoms with Crippen molar-refractivity contribution in [2.24, 2.45) is 0 Å². The highest BCUT2D eigenvalue weighted by Gasteiger charge is 2.11. The predicted molar refractivity (Wildman–Crippen MR) is 61.3 cm³/mol. The molecule has 0 aliphatic heterocycles. The van der Waals surface area contributed by atoms with Crippen LogP contribution in [-0.2, 0) is 6.54 Å². The Labute approximate surface area is 98.5 Å². The summed E-state index contributed by atoms with van der Waals surface area (Å²) < 4.78 is 0. The summed E-state index contributed by atoms with van der Waals surface area (Å²) in [7, 11) is 0. The standard InChI is InChI=1S/C11H13N5O/c1-7-4-3-5-12-9(7)6-13-11(17)10-14-8(2)15-16-10/h3-5H,6H2,1-2H3,(H,13,17)(H,14,15,16). The van der Waals surface area contributed by atoms with E-state index in [0.29, 0.717) is 12.4 Å². The second-order valence-electron chi connectivity index (χ2n) is 3.69. The third kappa shape index (κ3) is 2.66. The van der Waals surface area contributed by atoms with E-state index in [4.69, 9.17) is 0 Å². The zero-order valence-electron chi connectivity index (χ0n) is 9.69. The Balaban J connectivity index is 1.99. The van der Waals surface area contributed by atoms with E-state index in [9.17, 15) is 4.79 Å². The largest absolute Gasteiger partial charge is 0.344 e. The number of hydrogen-bond acceptors (Lipinski definition) is 4. The van der Waals surface area contributed by atoms with E-state index in [1.807, 2.05) is 19.1 Å². The van der Waals surface area contributed by atoms with Crippen LogP contribution < -0.4 is 5.32 Å². The molecule has 0 unspecified atom stereocenters. The molecule has 6 nitrogen and oxygen atoms in total. The number of nitrogens with one attached hydrogen (secondary N) is 2. The van der Waals surface area contributed by atoms with Crippen molar-refractivity contribution in [3.8, 4) is 0 Å². The lowest BCUT2D eigenvalue weighted by Gasteiger charge is -2.04. The number of hydrogen-bond donors (Lipinski definition) is 2. The molecule has 1 amide bonds. The van der Waals surface area contributed by atoms with Gasteiger partial charge >= 0.3 is 0 Å². The number of aromatic amines is 1. The molecule has 0 aliphatic rings. The minimum Gasteiger partial charge on any atom is -0.344 e. The molecule has 0 spiro atoms. The van der Waals surface area contributed by atoms with Crippen LogP contribution in [0.5, 0.6) is 0 Å². The van der Waals surface area contributed by atoms with Gasteiger partial charge in [-0.25, -0.2) is 4.98 Å². The van der Waals surface area contributed by atoms with E-state index in [2.05, 4.69) is 25.5 Å². The number of amides is 1.